The number of nitrogens with two attached hydrogens (primary N) is 1. The second-order valence-electron chi connectivity index (χ2n) is 4.72. The van der Waals surface area contributed by atoms with Crippen LogP contribution in [0.1, 0.15) is 33.4 Å². The SMILES string of the molecule is CCOC(=O)C(=CC(C)(C)C)c1csc(N)n1. The van der Waals surface area contributed by atoms with Crippen LogP contribution >= 0.6 is 11.3 Å². The van der Waals surface area contributed by atoms with Gasteiger partial charge >= 0.3 is 5.97 Å². The highest BCUT2D eigenvalue weighted by Crippen LogP contribution is 2.26. The Morgan fingerprint density at radius 3 is 2.65 bits per heavy atom. The molecule has 0 atom stereocenters. The number of carbonyl (C=O) groups excluding carboxylic acids is 1. The second kappa shape index (κ2) is 5.31. The largest absolute Gasteiger partial charge is 0.462 e. The highest BCUT2D eigenvalue weighted by molar-refractivity contribution is 7.13. The molecule has 0 spiro atoms. The summed E-state index contributed by atoms with van der Waals surface area (Å²) in [5.74, 6) is -0.354. The molecule has 1 aromatic heterocycles. The first-order chi connectivity index (χ1) is 7.83. The van der Waals surface area contributed by atoms with Gasteiger partial charge in [0, 0.05) is 5.38 Å². The van der Waals surface area contributed by atoms with Gasteiger partial charge in [-0.05, 0) is 12.3 Å². The Morgan fingerprint density at radius 1 is 1.59 bits per heavy atom. The average Bonchev–Trinajstić information content (AvgIpc) is 2.60. The molecule has 0 aromatic carbocycles. The summed E-state index contributed by atoms with van der Waals surface area (Å²) in [7, 11) is 0. The van der Waals surface area contributed by atoms with Gasteiger partial charge in [0.05, 0.1) is 17.9 Å². The van der Waals surface area contributed by atoms with E-state index in [1.54, 1.807) is 12.3 Å². The van der Waals surface area contributed by atoms with Crippen LogP contribution in [0.5, 0.6) is 0 Å². The lowest BCUT2D eigenvalue weighted by molar-refractivity contribution is -0.136. The smallest absolute Gasteiger partial charge is 0.340 e. The zero-order chi connectivity index (χ0) is 13.1. The molecule has 0 radical (unpaired) electrons. The van der Waals surface area contributed by atoms with Crippen molar-refractivity contribution in [3.05, 3.63) is 17.2 Å². The number of hydrogen-bond acceptors (Lipinski definition) is 5. The number of ether oxygens (including phenoxy) is 1. The maximum absolute atomic E-state index is 11.9. The predicted octanol–water partition coefficient (Wildman–Crippen LogP) is 2.72. The van der Waals surface area contributed by atoms with Crippen LogP contribution < -0.4 is 5.73 Å². The van der Waals surface area contributed by atoms with Gasteiger partial charge in [0.15, 0.2) is 5.13 Å². The zero-order valence-electron chi connectivity index (χ0n) is 10.6. The van der Waals surface area contributed by atoms with E-state index in [0.29, 0.717) is 23.0 Å². The first kappa shape index (κ1) is 13.7. The predicted molar refractivity (Wildman–Crippen MR) is 70.6 cm³/mol. The van der Waals surface area contributed by atoms with Crippen LogP contribution in [0.25, 0.3) is 5.57 Å². The molecule has 17 heavy (non-hydrogen) atoms. The Kier molecular flexibility index (Phi) is 4.28. The summed E-state index contributed by atoms with van der Waals surface area (Å²) >= 11 is 1.31. The Bertz CT molecular complexity index is 430. The zero-order valence-corrected chi connectivity index (χ0v) is 11.4. The quantitative estimate of drug-likeness (QED) is 0.665. The number of anilines is 1. The summed E-state index contributed by atoms with van der Waals surface area (Å²) in [4.78, 5) is 16.0. The van der Waals surface area contributed by atoms with Gasteiger partial charge in [0.25, 0.3) is 0 Å². The molecule has 0 unspecified atom stereocenters. The van der Waals surface area contributed by atoms with Crippen molar-refractivity contribution >= 4 is 28.0 Å². The van der Waals surface area contributed by atoms with Crippen molar-refractivity contribution in [1.29, 1.82) is 0 Å². The molecule has 1 aromatic rings. The number of aromatic nitrogens is 1. The summed E-state index contributed by atoms with van der Waals surface area (Å²) in [6.45, 7) is 8.17. The van der Waals surface area contributed by atoms with Gasteiger partial charge in [-0.3, -0.25) is 0 Å². The molecule has 0 bridgehead atoms. The number of carbonyl (C=O) groups is 1. The Hall–Kier alpha value is -1.36. The van der Waals surface area contributed by atoms with Crippen LogP contribution in [0, 0.1) is 5.41 Å². The van der Waals surface area contributed by atoms with Crippen molar-refractivity contribution in [2.75, 3.05) is 12.3 Å². The maximum atomic E-state index is 11.9. The minimum atomic E-state index is -0.354. The van der Waals surface area contributed by atoms with E-state index in [1.165, 1.54) is 11.3 Å². The highest BCUT2D eigenvalue weighted by atomic mass is 32.1. The fourth-order valence-corrected chi connectivity index (χ4v) is 1.85. The van der Waals surface area contributed by atoms with Gasteiger partial charge in [-0.2, -0.15) is 0 Å². The molecule has 1 rings (SSSR count). The molecule has 2 N–H and O–H groups in total. The molecule has 4 nitrogen and oxygen atoms in total. The number of nitrogens with zero attached hydrogens (tertiary/aromatic N) is 1. The highest BCUT2D eigenvalue weighted by Gasteiger charge is 2.19. The molecular weight excluding hydrogens is 236 g/mol. The number of nitrogen functional groups attached to an aromatic ring is 1. The summed E-state index contributed by atoms with van der Waals surface area (Å²) in [5.41, 5.74) is 6.52. The summed E-state index contributed by atoms with van der Waals surface area (Å²) < 4.78 is 5.03. The van der Waals surface area contributed by atoms with Crippen molar-refractivity contribution in [2.45, 2.75) is 27.7 Å². The van der Waals surface area contributed by atoms with E-state index in [-0.39, 0.29) is 11.4 Å². The Labute approximate surface area is 106 Å². The van der Waals surface area contributed by atoms with E-state index in [2.05, 4.69) is 4.98 Å². The number of allylic oxidation sites excluding steroid dienone is 1. The lowest BCUT2D eigenvalue weighted by atomic mass is 9.92. The second-order valence-corrected chi connectivity index (χ2v) is 5.61. The molecule has 0 fully saturated rings. The Morgan fingerprint density at radius 2 is 2.24 bits per heavy atom. The number of rotatable bonds is 3. The van der Waals surface area contributed by atoms with E-state index in [4.69, 9.17) is 10.5 Å². The molecular formula is C12H18N2O2S. The summed E-state index contributed by atoms with van der Waals surface area (Å²) in [6.07, 6.45) is 1.86. The first-order valence-electron chi connectivity index (χ1n) is 5.45. The van der Waals surface area contributed by atoms with Crippen LogP contribution in [-0.4, -0.2) is 17.6 Å². The van der Waals surface area contributed by atoms with Gasteiger partial charge in [0.1, 0.15) is 0 Å². The number of esters is 1. The monoisotopic (exact) mass is 254 g/mol. The van der Waals surface area contributed by atoms with Gasteiger partial charge < -0.3 is 10.5 Å². The van der Waals surface area contributed by atoms with Crippen molar-refractivity contribution in [1.82, 2.24) is 4.98 Å². The minimum Gasteiger partial charge on any atom is -0.462 e. The van der Waals surface area contributed by atoms with E-state index >= 15 is 0 Å². The third-order valence-corrected chi connectivity index (χ3v) is 2.54. The van der Waals surface area contributed by atoms with Crippen molar-refractivity contribution in [3.8, 4) is 0 Å². The van der Waals surface area contributed by atoms with E-state index in [1.807, 2.05) is 26.8 Å². The molecule has 1 heterocycles. The van der Waals surface area contributed by atoms with Crippen LogP contribution in [-0.2, 0) is 9.53 Å². The normalized spacial score (nSPS) is 12.6. The fourth-order valence-electron chi connectivity index (χ4n) is 1.29. The van der Waals surface area contributed by atoms with Gasteiger partial charge in [-0.25, -0.2) is 9.78 Å². The molecule has 0 aliphatic rings. The van der Waals surface area contributed by atoms with Gasteiger partial charge in [0.2, 0.25) is 0 Å². The van der Waals surface area contributed by atoms with Crippen LogP contribution in [0.4, 0.5) is 5.13 Å². The standard InChI is InChI=1S/C12H18N2O2S/c1-5-16-10(15)8(6-12(2,3)4)9-7-17-11(13)14-9/h6-7H,5H2,1-4H3,(H2,13,14). The first-order valence-corrected chi connectivity index (χ1v) is 6.33. The van der Waals surface area contributed by atoms with Crippen molar-refractivity contribution < 1.29 is 9.53 Å². The van der Waals surface area contributed by atoms with Gasteiger partial charge in [-0.1, -0.05) is 26.8 Å². The lowest BCUT2D eigenvalue weighted by Gasteiger charge is -2.14. The number of hydrogen-bond donors (Lipinski definition) is 1. The van der Waals surface area contributed by atoms with Crippen molar-refractivity contribution in [2.24, 2.45) is 5.41 Å². The van der Waals surface area contributed by atoms with Crippen LogP contribution in [0.2, 0.25) is 0 Å². The fraction of sp³-hybridized carbons (Fsp3) is 0.500. The Balaban J connectivity index is 3.12. The summed E-state index contributed by atoms with van der Waals surface area (Å²) in [6, 6.07) is 0. The molecule has 0 amide bonds. The summed E-state index contributed by atoms with van der Waals surface area (Å²) in [5, 5.41) is 2.22. The molecule has 0 aliphatic heterocycles. The molecule has 0 saturated heterocycles. The lowest BCUT2D eigenvalue weighted by Crippen LogP contribution is -2.11. The molecule has 0 aliphatic carbocycles. The minimum absolute atomic E-state index is 0.125. The van der Waals surface area contributed by atoms with Crippen LogP contribution in [0.15, 0.2) is 11.5 Å². The topological polar surface area (TPSA) is 65.2 Å². The maximum Gasteiger partial charge on any atom is 0.340 e. The molecule has 0 saturated carbocycles. The third kappa shape index (κ3) is 4.19. The molecule has 5 heteroatoms. The van der Waals surface area contributed by atoms with E-state index < -0.39 is 0 Å². The third-order valence-electron chi connectivity index (χ3n) is 1.87. The van der Waals surface area contributed by atoms with E-state index in [0.717, 1.165) is 0 Å². The number of thiazole rings is 1. The van der Waals surface area contributed by atoms with Crippen LogP contribution in [0.3, 0.4) is 0 Å². The average molecular weight is 254 g/mol. The molecule has 94 valence electrons. The van der Waals surface area contributed by atoms with Gasteiger partial charge in [-0.15, -0.1) is 11.3 Å². The van der Waals surface area contributed by atoms with E-state index in [9.17, 15) is 4.79 Å². The van der Waals surface area contributed by atoms with Crippen molar-refractivity contribution in [3.63, 3.8) is 0 Å².